The average Bonchev–Trinajstić information content (AvgIpc) is 2.61. The molecule has 1 aromatic carbocycles. The van der Waals surface area contributed by atoms with Crippen molar-refractivity contribution in [1.29, 1.82) is 0 Å². The number of aryl methyl sites for hydroxylation is 1. The molecule has 1 atom stereocenters. The largest absolute Gasteiger partial charge is 0.476 e. The van der Waals surface area contributed by atoms with Gasteiger partial charge < -0.3 is 14.7 Å². The highest BCUT2D eigenvalue weighted by atomic mass is 16.5. The first-order valence-corrected chi connectivity index (χ1v) is 7.68. The van der Waals surface area contributed by atoms with Crippen LogP contribution in [0.25, 0.3) is 0 Å². The smallest absolute Gasteiger partial charge is 0.356 e. The zero-order valence-electron chi connectivity index (χ0n) is 12.8. The molecule has 120 valence electrons. The third-order valence-electron chi connectivity index (χ3n) is 3.92. The van der Waals surface area contributed by atoms with Gasteiger partial charge in [0.1, 0.15) is 5.82 Å². The molecule has 1 unspecified atom stereocenters. The van der Waals surface area contributed by atoms with Crippen molar-refractivity contribution in [3.8, 4) is 0 Å². The normalized spacial score (nSPS) is 17.9. The molecule has 1 aliphatic rings. The Hall–Kier alpha value is -2.47. The Balaban J connectivity index is 1.58. The molecule has 0 bridgehead atoms. The summed E-state index contributed by atoms with van der Waals surface area (Å²) in [4.78, 5) is 21.1. The number of aromatic nitrogens is 2. The van der Waals surface area contributed by atoms with E-state index in [1.54, 1.807) is 0 Å². The maximum Gasteiger partial charge on any atom is 0.356 e. The van der Waals surface area contributed by atoms with E-state index in [-0.39, 0.29) is 11.8 Å². The molecule has 1 fully saturated rings. The maximum atomic E-state index is 10.8. The van der Waals surface area contributed by atoms with Crippen LogP contribution in [0, 0.1) is 0 Å². The van der Waals surface area contributed by atoms with Crippen molar-refractivity contribution in [2.75, 3.05) is 24.6 Å². The van der Waals surface area contributed by atoms with Crippen molar-refractivity contribution in [2.45, 2.75) is 18.9 Å². The minimum absolute atomic E-state index is 0.0392. The molecule has 2 aromatic rings. The molecule has 6 nitrogen and oxygen atoms in total. The van der Waals surface area contributed by atoms with Crippen LogP contribution in [0.1, 0.15) is 22.5 Å². The standard InChI is InChI=1S/C17H19N3O3/c21-17(22)15-10-19-16(11-18-15)20-8-9-23-14(12-20)7-6-13-4-2-1-3-5-13/h1-5,10-11,14H,6-9,12H2,(H,21,22). The second-order valence-corrected chi connectivity index (χ2v) is 5.53. The lowest BCUT2D eigenvalue weighted by Gasteiger charge is -2.33. The Bertz CT molecular complexity index is 646. The fourth-order valence-corrected chi connectivity index (χ4v) is 2.67. The van der Waals surface area contributed by atoms with Crippen LogP contribution in [0.5, 0.6) is 0 Å². The van der Waals surface area contributed by atoms with Gasteiger partial charge in [0.25, 0.3) is 0 Å². The molecule has 0 radical (unpaired) electrons. The summed E-state index contributed by atoms with van der Waals surface area (Å²) < 4.78 is 5.83. The molecule has 23 heavy (non-hydrogen) atoms. The van der Waals surface area contributed by atoms with E-state index in [9.17, 15) is 4.79 Å². The van der Waals surface area contributed by atoms with Crippen molar-refractivity contribution in [3.05, 3.63) is 54.0 Å². The highest BCUT2D eigenvalue weighted by Crippen LogP contribution is 2.17. The summed E-state index contributed by atoms with van der Waals surface area (Å²) in [5, 5.41) is 8.87. The van der Waals surface area contributed by atoms with Gasteiger partial charge in [0, 0.05) is 13.1 Å². The van der Waals surface area contributed by atoms with Gasteiger partial charge >= 0.3 is 5.97 Å². The lowest BCUT2D eigenvalue weighted by molar-refractivity contribution is 0.0352. The van der Waals surface area contributed by atoms with Crippen molar-refractivity contribution in [2.24, 2.45) is 0 Å². The van der Waals surface area contributed by atoms with E-state index >= 15 is 0 Å². The Morgan fingerprint density at radius 1 is 1.26 bits per heavy atom. The van der Waals surface area contributed by atoms with Crippen LogP contribution >= 0.6 is 0 Å². The van der Waals surface area contributed by atoms with Crippen LogP contribution in [0.2, 0.25) is 0 Å². The Morgan fingerprint density at radius 2 is 2.09 bits per heavy atom. The first-order chi connectivity index (χ1) is 11.2. The van der Waals surface area contributed by atoms with Gasteiger partial charge in [0.2, 0.25) is 0 Å². The number of ether oxygens (including phenoxy) is 1. The number of anilines is 1. The van der Waals surface area contributed by atoms with Crippen LogP contribution < -0.4 is 4.90 Å². The van der Waals surface area contributed by atoms with Crippen molar-refractivity contribution in [1.82, 2.24) is 9.97 Å². The van der Waals surface area contributed by atoms with Crippen molar-refractivity contribution >= 4 is 11.8 Å². The Labute approximate surface area is 134 Å². The maximum absolute atomic E-state index is 10.8. The average molecular weight is 313 g/mol. The number of carboxylic acids is 1. The predicted octanol–water partition coefficient (Wildman–Crippen LogP) is 2.01. The van der Waals surface area contributed by atoms with Crippen molar-refractivity contribution in [3.63, 3.8) is 0 Å². The van der Waals surface area contributed by atoms with Gasteiger partial charge in [-0.05, 0) is 18.4 Å². The number of hydrogen-bond donors (Lipinski definition) is 1. The van der Waals surface area contributed by atoms with Crippen LogP contribution in [-0.4, -0.2) is 46.8 Å². The molecule has 0 aliphatic carbocycles. The van der Waals surface area contributed by atoms with Crippen LogP contribution in [0.3, 0.4) is 0 Å². The molecular weight excluding hydrogens is 294 g/mol. The lowest BCUT2D eigenvalue weighted by atomic mass is 10.1. The summed E-state index contributed by atoms with van der Waals surface area (Å²) >= 11 is 0. The molecule has 2 heterocycles. The lowest BCUT2D eigenvalue weighted by Crippen LogP contribution is -2.43. The highest BCUT2D eigenvalue weighted by molar-refractivity contribution is 5.84. The van der Waals surface area contributed by atoms with E-state index in [2.05, 4.69) is 27.0 Å². The molecule has 1 aliphatic heterocycles. The molecule has 1 N–H and O–H groups in total. The summed E-state index contributed by atoms with van der Waals surface area (Å²) in [6.07, 6.45) is 4.88. The summed E-state index contributed by atoms with van der Waals surface area (Å²) in [7, 11) is 0. The quantitative estimate of drug-likeness (QED) is 0.910. The number of benzene rings is 1. The van der Waals surface area contributed by atoms with E-state index in [0.29, 0.717) is 12.4 Å². The van der Waals surface area contributed by atoms with E-state index in [1.165, 1.54) is 18.0 Å². The molecule has 6 heteroatoms. The number of carbonyl (C=O) groups is 1. The summed E-state index contributed by atoms with van der Waals surface area (Å²) in [5.74, 6) is -0.366. The number of aromatic carboxylic acids is 1. The monoisotopic (exact) mass is 313 g/mol. The SMILES string of the molecule is O=C(O)c1cnc(N2CCOC(CCc3ccccc3)C2)cn1. The fourth-order valence-electron chi connectivity index (χ4n) is 2.67. The summed E-state index contributed by atoms with van der Waals surface area (Å²) in [6.45, 7) is 2.12. The van der Waals surface area contributed by atoms with Crippen LogP contribution in [-0.2, 0) is 11.2 Å². The predicted molar refractivity (Wildman–Crippen MR) is 85.7 cm³/mol. The van der Waals surface area contributed by atoms with E-state index in [0.717, 1.165) is 25.9 Å². The van der Waals surface area contributed by atoms with Gasteiger partial charge in [-0.1, -0.05) is 30.3 Å². The molecule has 1 aromatic heterocycles. The summed E-state index contributed by atoms with van der Waals surface area (Å²) in [6, 6.07) is 10.3. The van der Waals surface area contributed by atoms with Gasteiger partial charge in [-0.25, -0.2) is 14.8 Å². The third kappa shape index (κ3) is 4.04. The third-order valence-corrected chi connectivity index (χ3v) is 3.92. The van der Waals surface area contributed by atoms with Crippen LogP contribution in [0.4, 0.5) is 5.82 Å². The van der Waals surface area contributed by atoms with Crippen LogP contribution in [0.15, 0.2) is 42.7 Å². The molecule has 0 saturated carbocycles. The highest BCUT2D eigenvalue weighted by Gasteiger charge is 2.21. The summed E-state index contributed by atoms with van der Waals surface area (Å²) in [5.41, 5.74) is 1.27. The van der Waals surface area contributed by atoms with Crippen molar-refractivity contribution < 1.29 is 14.6 Å². The van der Waals surface area contributed by atoms with Gasteiger partial charge in [0.05, 0.1) is 25.1 Å². The number of hydrogen-bond acceptors (Lipinski definition) is 5. The van der Waals surface area contributed by atoms with Gasteiger partial charge in [-0.3, -0.25) is 0 Å². The Morgan fingerprint density at radius 3 is 2.78 bits per heavy atom. The zero-order chi connectivity index (χ0) is 16.1. The molecule has 1 saturated heterocycles. The van der Waals surface area contributed by atoms with E-state index in [1.807, 2.05) is 18.2 Å². The van der Waals surface area contributed by atoms with Gasteiger partial charge in [-0.15, -0.1) is 0 Å². The first-order valence-electron chi connectivity index (χ1n) is 7.68. The number of nitrogens with zero attached hydrogens (tertiary/aromatic N) is 3. The molecule has 3 rings (SSSR count). The fraction of sp³-hybridized carbons (Fsp3) is 0.353. The number of carboxylic acid groups (broad SMARTS) is 1. The van der Waals surface area contributed by atoms with E-state index < -0.39 is 5.97 Å². The second kappa shape index (κ2) is 7.19. The number of rotatable bonds is 5. The van der Waals surface area contributed by atoms with E-state index in [4.69, 9.17) is 9.84 Å². The molecule has 0 spiro atoms. The minimum atomic E-state index is -1.06. The first kappa shape index (κ1) is 15.4. The zero-order valence-corrected chi connectivity index (χ0v) is 12.8. The topological polar surface area (TPSA) is 75.5 Å². The second-order valence-electron chi connectivity index (χ2n) is 5.53. The minimum Gasteiger partial charge on any atom is -0.476 e. The number of morpholine rings is 1. The molecular formula is C17H19N3O3. The Kier molecular flexibility index (Phi) is 4.83. The van der Waals surface area contributed by atoms with Gasteiger partial charge in [-0.2, -0.15) is 0 Å². The molecule has 0 amide bonds. The van der Waals surface area contributed by atoms with Gasteiger partial charge in [0.15, 0.2) is 5.69 Å².